The van der Waals surface area contributed by atoms with Gasteiger partial charge in [-0.15, -0.1) is 0 Å². The summed E-state index contributed by atoms with van der Waals surface area (Å²) in [5, 5.41) is -0.221. The molecule has 158 valence electrons. The molecule has 2 N–H and O–H groups in total. The van der Waals surface area contributed by atoms with Crippen LogP contribution in [0.4, 0.5) is 18.9 Å². The lowest BCUT2D eigenvalue weighted by Gasteiger charge is -2.19. The van der Waals surface area contributed by atoms with Gasteiger partial charge in [-0.3, -0.25) is 20.2 Å². The van der Waals surface area contributed by atoms with Gasteiger partial charge in [0.1, 0.15) is 5.69 Å². The van der Waals surface area contributed by atoms with Gasteiger partial charge in [0.2, 0.25) is 0 Å². The van der Waals surface area contributed by atoms with Crippen molar-refractivity contribution in [3.63, 3.8) is 0 Å². The number of benzene rings is 1. The van der Waals surface area contributed by atoms with Crippen LogP contribution in [0.1, 0.15) is 42.4 Å². The molecule has 0 unspecified atom stereocenters. The molecule has 9 heteroatoms. The zero-order valence-electron chi connectivity index (χ0n) is 16.5. The molecule has 0 radical (unpaired) electrons. The average molecular weight is 437 g/mol. The van der Waals surface area contributed by atoms with Crippen LogP contribution in [0.3, 0.4) is 0 Å². The van der Waals surface area contributed by atoms with E-state index in [1.54, 1.807) is 6.07 Å². The number of carbonyl (C=O) groups is 1. The molecule has 3 rings (SSSR count). The Kier molecular flexibility index (Phi) is 5.81. The summed E-state index contributed by atoms with van der Waals surface area (Å²) < 4.78 is 39.8. The third-order valence-corrected chi connectivity index (χ3v) is 4.71. The molecule has 0 fully saturated rings. The Morgan fingerprint density at radius 3 is 2.30 bits per heavy atom. The highest BCUT2D eigenvalue weighted by atomic mass is 35.5. The van der Waals surface area contributed by atoms with Crippen molar-refractivity contribution in [1.82, 2.24) is 15.0 Å². The van der Waals surface area contributed by atoms with E-state index < -0.39 is 17.6 Å². The van der Waals surface area contributed by atoms with Crippen molar-refractivity contribution in [1.29, 1.82) is 0 Å². The van der Waals surface area contributed by atoms with Crippen LogP contribution in [0.15, 0.2) is 54.9 Å². The summed E-state index contributed by atoms with van der Waals surface area (Å²) in [6.45, 7) is 6.31. The van der Waals surface area contributed by atoms with E-state index in [0.717, 1.165) is 11.6 Å². The Bertz CT molecular complexity index is 1050. The van der Waals surface area contributed by atoms with Crippen LogP contribution in [0.25, 0.3) is 5.82 Å². The maximum absolute atomic E-state index is 12.8. The lowest BCUT2D eigenvalue weighted by Crippen LogP contribution is -2.31. The molecule has 0 aliphatic carbocycles. The highest BCUT2D eigenvalue weighted by Crippen LogP contribution is 2.32. The molecule has 0 aliphatic rings. The fraction of sp³-hybridized carbons (Fsp3) is 0.238. The summed E-state index contributed by atoms with van der Waals surface area (Å²) in [6, 6.07) is 11.5. The molecule has 3 aromatic rings. The van der Waals surface area contributed by atoms with Gasteiger partial charge in [0.15, 0.2) is 5.82 Å². The first kappa shape index (κ1) is 21.7. The summed E-state index contributed by atoms with van der Waals surface area (Å²) in [6.07, 6.45) is -2.38. The lowest BCUT2D eigenvalue weighted by molar-refractivity contribution is -0.137. The van der Waals surface area contributed by atoms with Crippen molar-refractivity contribution in [3.8, 4) is 5.82 Å². The Morgan fingerprint density at radius 1 is 1.07 bits per heavy atom. The number of anilines is 1. The van der Waals surface area contributed by atoms with Crippen LogP contribution >= 0.6 is 11.6 Å². The molecule has 0 bridgehead atoms. The third kappa shape index (κ3) is 4.76. The van der Waals surface area contributed by atoms with E-state index in [4.69, 9.17) is 11.6 Å². The second kappa shape index (κ2) is 8.02. The van der Waals surface area contributed by atoms with Crippen molar-refractivity contribution >= 4 is 23.2 Å². The van der Waals surface area contributed by atoms with Gasteiger partial charge in [0.05, 0.1) is 16.3 Å². The van der Waals surface area contributed by atoms with Gasteiger partial charge in [0.25, 0.3) is 5.91 Å². The first-order valence-electron chi connectivity index (χ1n) is 9.04. The number of nitrogens with zero attached hydrogens (tertiary/aromatic N) is 2. The van der Waals surface area contributed by atoms with Crippen LogP contribution in [0, 0.1) is 0 Å². The highest BCUT2D eigenvalue weighted by Gasteiger charge is 2.32. The van der Waals surface area contributed by atoms with Gasteiger partial charge in [-0.05, 0) is 41.3 Å². The number of nitrogens with one attached hydrogen (secondary N) is 2. The molecule has 1 amide bonds. The van der Waals surface area contributed by atoms with Crippen molar-refractivity contribution in [2.24, 2.45) is 0 Å². The Morgan fingerprint density at radius 2 is 1.73 bits per heavy atom. The zero-order chi connectivity index (χ0) is 22.1. The van der Waals surface area contributed by atoms with E-state index in [1.165, 1.54) is 16.8 Å². The summed E-state index contributed by atoms with van der Waals surface area (Å²) in [5.74, 6) is -0.480. The summed E-state index contributed by atoms with van der Waals surface area (Å²) in [5.41, 5.74) is 6.42. The van der Waals surface area contributed by atoms with E-state index in [9.17, 15) is 18.0 Å². The number of amides is 1. The summed E-state index contributed by atoms with van der Waals surface area (Å²) >= 11 is 6.00. The smallest absolute Gasteiger partial charge is 0.298 e. The highest BCUT2D eigenvalue weighted by molar-refractivity contribution is 6.32. The fourth-order valence-electron chi connectivity index (χ4n) is 2.76. The van der Waals surface area contributed by atoms with Crippen molar-refractivity contribution in [2.45, 2.75) is 32.4 Å². The molecule has 0 aliphatic heterocycles. The number of carbonyl (C=O) groups excluding carboxylic acids is 1. The molecule has 0 spiro atoms. The first-order valence-corrected chi connectivity index (χ1v) is 9.42. The molecule has 2 heterocycles. The predicted octanol–water partition coefficient (Wildman–Crippen LogP) is 5.60. The minimum atomic E-state index is -4.56. The molecule has 1 aromatic carbocycles. The van der Waals surface area contributed by atoms with Gasteiger partial charge < -0.3 is 0 Å². The maximum atomic E-state index is 12.8. The second-order valence-corrected chi connectivity index (χ2v) is 8.10. The van der Waals surface area contributed by atoms with E-state index in [1.807, 2.05) is 24.3 Å². The monoisotopic (exact) mass is 436 g/mol. The number of aromatic nitrogens is 2. The lowest BCUT2D eigenvalue weighted by atomic mass is 9.87. The maximum Gasteiger partial charge on any atom is 0.417 e. The van der Waals surface area contributed by atoms with Gasteiger partial charge in [-0.25, -0.2) is 4.98 Å². The Hall–Kier alpha value is -3.00. The van der Waals surface area contributed by atoms with Crippen LogP contribution < -0.4 is 10.9 Å². The summed E-state index contributed by atoms with van der Waals surface area (Å²) in [7, 11) is 0. The average Bonchev–Trinajstić information content (AvgIpc) is 3.14. The van der Waals surface area contributed by atoms with Crippen LogP contribution in [-0.4, -0.2) is 15.5 Å². The summed E-state index contributed by atoms with van der Waals surface area (Å²) in [4.78, 5) is 16.4. The molecular weight excluding hydrogens is 417 g/mol. The van der Waals surface area contributed by atoms with Crippen molar-refractivity contribution in [3.05, 3.63) is 76.7 Å². The topological polar surface area (TPSA) is 58.9 Å². The molecular formula is C21H20ClF3N4O. The van der Waals surface area contributed by atoms with E-state index >= 15 is 0 Å². The number of hydrogen-bond acceptors (Lipinski definition) is 3. The number of pyridine rings is 1. The van der Waals surface area contributed by atoms with Crippen LogP contribution in [-0.2, 0) is 11.6 Å². The molecule has 0 saturated heterocycles. The number of alkyl halides is 3. The molecule has 0 saturated carbocycles. The molecule has 0 atom stereocenters. The fourth-order valence-corrected chi connectivity index (χ4v) is 3.02. The largest absolute Gasteiger partial charge is 0.417 e. The van der Waals surface area contributed by atoms with E-state index in [-0.39, 0.29) is 21.9 Å². The van der Waals surface area contributed by atoms with Crippen molar-refractivity contribution < 1.29 is 18.0 Å². The van der Waals surface area contributed by atoms with Crippen LogP contribution in [0.2, 0.25) is 5.02 Å². The molecule has 30 heavy (non-hydrogen) atoms. The number of hydrazine groups is 1. The first-order chi connectivity index (χ1) is 14.0. The SMILES string of the molecule is CC(C)(C)c1ccc(NNC(=O)c2cccn2-c2ncc(C(F)(F)F)cc2Cl)cc1. The molecule has 5 nitrogen and oxygen atoms in total. The number of rotatable bonds is 4. The minimum Gasteiger partial charge on any atom is -0.298 e. The van der Waals surface area contributed by atoms with Gasteiger partial charge in [0, 0.05) is 12.4 Å². The van der Waals surface area contributed by atoms with E-state index in [0.29, 0.717) is 11.9 Å². The Balaban J connectivity index is 1.76. The quantitative estimate of drug-likeness (QED) is 0.523. The zero-order valence-corrected chi connectivity index (χ0v) is 17.3. The van der Waals surface area contributed by atoms with Crippen molar-refractivity contribution in [2.75, 3.05) is 5.43 Å². The second-order valence-electron chi connectivity index (χ2n) is 7.70. The number of hydrogen-bond donors (Lipinski definition) is 2. The third-order valence-electron chi connectivity index (χ3n) is 4.43. The number of halogens is 4. The predicted molar refractivity (Wildman–Crippen MR) is 110 cm³/mol. The van der Waals surface area contributed by atoms with Crippen LogP contribution in [0.5, 0.6) is 0 Å². The Labute approximate surface area is 176 Å². The van der Waals surface area contributed by atoms with Gasteiger partial charge in [-0.1, -0.05) is 44.5 Å². The van der Waals surface area contributed by atoms with Gasteiger partial charge >= 0.3 is 6.18 Å². The van der Waals surface area contributed by atoms with E-state index in [2.05, 4.69) is 36.6 Å². The normalized spacial score (nSPS) is 12.0. The standard InChI is InChI=1S/C21H20ClF3N4O/c1-20(2,3)13-6-8-15(9-7-13)27-28-19(30)17-5-4-10-29(17)18-16(22)11-14(12-26-18)21(23,24)25/h4-12,27H,1-3H3,(H,28,30). The van der Waals surface area contributed by atoms with Gasteiger partial charge in [-0.2, -0.15) is 13.2 Å². The minimum absolute atomic E-state index is 0.0105. The molecule has 2 aromatic heterocycles.